The topological polar surface area (TPSA) is 25.4 Å². The number of hydrogen-bond donors (Lipinski definition) is 0. The van der Waals surface area contributed by atoms with Crippen LogP contribution in [0.2, 0.25) is 0 Å². The van der Waals surface area contributed by atoms with E-state index in [-0.39, 0.29) is 0 Å². The molecular weight excluding hydrogens is 176 g/mol. The molecule has 3 heteroatoms. The number of anilines is 1. The van der Waals surface area contributed by atoms with E-state index >= 15 is 0 Å². The summed E-state index contributed by atoms with van der Waals surface area (Å²) >= 11 is 0. The lowest BCUT2D eigenvalue weighted by Gasteiger charge is -2.29. The van der Waals surface area contributed by atoms with Crippen molar-refractivity contribution in [3.8, 4) is 5.75 Å². The largest absolute Gasteiger partial charge is 0.494 e. The van der Waals surface area contributed by atoms with Crippen molar-refractivity contribution in [2.75, 3.05) is 25.1 Å². The Labute approximate surface area is 84.7 Å². The Morgan fingerprint density at radius 1 is 1.50 bits per heavy atom. The van der Waals surface area contributed by atoms with E-state index in [4.69, 9.17) is 4.74 Å². The summed E-state index contributed by atoms with van der Waals surface area (Å²) in [5.74, 6) is 0.912. The second kappa shape index (κ2) is 4.31. The molecule has 14 heavy (non-hydrogen) atoms. The Hall–Kier alpha value is -1.25. The normalized spacial score (nSPS) is 16.8. The smallest absolute Gasteiger partial charge is 0.145 e. The predicted octanol–water partition coefficient (Wildman–Crippen LogP) is 1.89. The van der Waals surface area contributed by atoms with E-state index in [0.29, 0.717) is 0 Å². The molecule has 3 nitrogen and oxygen atoms in total. The first-order valence-corrected chi connectivity index (χ1v) is 4.96. The van der Waals surface area contributed by atoms with Gasteiger partial charge in [-0.05, 0) is 19.3 Å². The number of rotatable bonds is 2. The molecule has 75 valence electrons. The van der Waals surface area contributed by atoms with Gasteiger partial charge < -0.3 is 9.64 Å². The van der Waals surface area contributed by atoms with Crippen molar-refractivity contribution >= 4 is 5.69 Å². The zero-order valence-corrected chi connectivity index (χ0v) is 8.44. The van der Waals surface area contributed by atoms with Crippen LogP contribution < -0.4 is 9.64 Å². The first-order valence-electron chi connectivity index (χ1n) is 4.96. The van der Waals surface area contributed by atoms with Crippen LogP contribution in [-0.4, -0.2) is 25.2 Å². The van der Waals surface area contributed by atoms with Crippen LogP contribution in [0.5, 0.6) is 5.75 Å². The lowest BCUT2D eigenvalue weighted by atomic mass is 10.1. The van der Waals surface area contributed by atoms with Gasteiger partial charge in [-0.25, -0.2) is 0 Å². The summed E-state index contributed by atoms with van der Waals surface area (Å²) in [5.41, 5.74) is 1.10. The first kappa shape index (κ1) is 9.31. The van der Waals surface area contributed by atoms with Crippen LogP contribution in [0.3, 0.4) is 0 Å². The zero-order valence-electron chi connectivity index (χ0n) is 8.44. The van der Waals surface area contributed by atoms with E-state index in [2.05, 4.69) is 16.3 Å². The SMILES string of the molecule is COc1ccncc1N1C[CH]CCC1. The van der Waals surface area contributed by atoms with Gasteiger partial charge in [0.2, 0.25) is 0 Å². The van der Waals surface area contributed by atoms with Crippen molar-refractivity contribution in [1.82, 2.24) is 4.98 Å². The molecule has 0 amide bonds. The summed E-state index contributed by atoms with van der Waals surface area (Å²) in [6, 6.07) is 1.91. The average molecular weight is 191 g/mol. The Bertz CT molecular complexity index is 295. The second-order valence-electron chi connectivity index (χ2n) is 3.42. The zero-order chi connectivity index (χ0) is 9.80. The molecule has 0 spiro atoms. The molecule has 1 radical (unpaired) electrons. The number of nitrogens with zero attached hydrogens (tertiary/aromatic N) is 2. The minimum Gasteiger partial charge on any atom is -0.494 e. The summed E-state index contributed by atoms with van der Waals surface area (Å²) in [4.78, 5) is 6.43. The Kier molecular flexibility index (Phi) is 2.87. The Balaban J connectivity index is 2.20. The van der Waals surface area contributed by atoms with Crippen LogP contribution in [0.1, 0.15) is 12.8 Å². The molecule has 0 unspecified atom stereocenters. The number of aromatic nitrogens is 1. The quantitative estimate of drug-likeness (QED) is 0.713. The molecule has 0 bridgehead atoms. The third-order valence-electron chi connectivity index (χ3n) is 2.51. The van der Waals surface area contributed by atoms with Gasteiger partial charge in [-0.2, -0.15) is 0 Å². The standard InChI is InChI=1S/C11H15N2O/c1-14-11-5-6-12-9-10(11)13-7-3-2-4-8-13/h3,5-6,9H,2,4,7-8H2,1H3. The maximum atomic E-state index is 5.30. The van der Waals surface area contributed by atoms with Crippen molar-refractivity contribution in [3.63, 3.8) is 0 Å². The van der Waals surface area contributed by atoms with Crippen molar-refractivity contribution in [3.05, 3.63) is 24.9 Å². The maximum Gasteiger partial charge on any atom is 0.145 e. The summed E-state index contributed by atoms with van der Waals surface area (Å²) in [7, 11) is 1.70. The summed E-state index contributed by atoms with van der Waals surface area (Å²) in [5, 5.41) is 0. The summed E-state index contributed by atoms with van der Waals surface area (Å²) in [6.07, 6.45) is 8.38. The third kappa shape index (κ3) is 1.81. The lowest BCUT2D eigenvalue weighted by Crippen LogP contribution is -2.30. The van der Waals surface area contributed by atoms with Gasteiger partial charge in [0.1, 0.15) is 5.75 Å². The highest BCUT2D eigenvalue weighted by molar-refractivity contribution is 5.57. The van der Waals surface area contributed by atoms with Gasteiger partial charge in [0.25, 0.3) is 0 Å². The van der Waals surface area contributed by atoms with Gasteiger partial charge in [0.15, 0.2) is 0 Å². The molecule has 0 aliphatic carbocycles. The van der Waals surface area contributed by atoms with Crippen LogP contribution in [0.15, 0.2) is 18.5 Å². The van der Waals surface area contributed by atoms with E-state index in [1.807, 2.05) is 12.3 Å². The average Bonchev–Trinajstić information content (AvgIpc) is 2.30. The number of hydrogen-bond acceptors (Lipinski definition) is 3. The van der Waals surface area contributed by atoms with Crippen molar-refractivity contribution in [2.24, 2.45) is 0 Å². The molecule has 0 N–H and O–H groups in total. The second-order valence-corrected chi connectivity index (χ2v) is 3.42. The highest BCUT2D eigenvalue weighted by atomic mass is 16.5. The van der Waals surface area contributed by atoms with Crippen LogP contribution in [-0.2, 0) is 0 Å². The number of methoxy groups -OCH3 is 1. The van der Waals surface area contributed by atoms with Crippen molar-refractivity contribution in [1.29, 1.82) is 0 Å². The first-order chi connectivity index (χ1) is 6.92. The number of ether oxygens (including phenoxy) is 1. The summed E-state index contributed by atoms with van der Waals surface area (Å²) < 4.78 is 5.30. The Morgan fingerprint density at radius 2 is 2.43 bits per heavy atom. The molecule has 1 aliphatic heterocycles. The molecule has 1 saturated heterocycles. The Morgan fingerprint density at radius 3 is 3.14 bits per heavy atom. The highest BCUT2D eigenvalue weighted by Crippen LogP contribution is 2.28. The van der Waals surface area contributed by atoms with E-state index < -0.39 is 0 Å². The van der Waals surface area contributed by atoms with Crippen LogP contribution in [0.25, 0.3) is 0 Å². The van der Waals surface area contributed by atoms with Crippen molar-refractivity contribution in [2.45, 2.75) is 12.8 Å². The highest BCUT2D eigenvalue weighted by Gasteiger charge is 2.14. The van der Waals surface area contributed by atoms with E-state index in [9.17, 15) is 0 Å². The molecular formula is C11H15N2O. The fourth-order valence-corrected chi connectivity index (χ4v) is 1.77. The predicted molar refractivity (Wildman–Crippen MR) is 56.5 cm³/mol. The maximum absolute atomic E-state index is 5.30. The number of pyridine rings is 1. The van der Waals surface area contributed by atoms with E-state index in [1.165, 1.54) is 12.8 Å². The van der Waals surface area contributed by atoms with Crippen LogP contribution >= 0.6 is 0 Å². The molecule has 1 aromatic rings. The van der Waals surface area contributed by atoms with Gasteiger partial charge in [-0.3, -0.25) is 4.98 Å². The van der Waals surface area contributed by atoms with Gasteiger partial charge in [-0.1, -0.05) is 0 Å². The molecule has 1 aliphatic rings. The molecule has 0 atom stereocenters. The molecule has 0 aromatic carbocycles. The minimum absolute atomic E-state index is 0.912. The molecule has 2 heterocycles. The summed E-state index contributed by atoms with van der Waals surface area (Å²) in [6.45, 7) is 2.10. The van der Waals surface area contributed by atoms with Crippen molar-refractivity contribution < 1.29 is 4.74 Å². The molecule has 1 fully saturated rings. The fourth-order valence-electron chi connectivity index (χ4n) is 1.77. The fraction of sp³-hybridized carbons (Fsp3) is 0.455. The van der Waals surface area contributed by atoms with Gasteiger partial charge in [-0.15, -0.1) is 0 Å². The minimum atomic E-state index is 0.912. The van der Waals surface area contributed by atoms with E-state index in [0.717, 1.165) is 24.5 Å². The monoisotopic (exact) mass is 191 g/mol. The molecule has 2 rings (SSSR count). The van der Waals surface area contributed by atoms with E-state index in [1.54, 1.807) is 13.3 Å². The lowest BCUT2D eigenvalue weighted by molar-refractivity contribution is 0.413. The third-order valence-corrected chi connectivity index (χ3v) is 2.51. The molecule has 0 saturated carbocycles. The van der Waals surface area contributed by atoms with Crippen LogP contribution in [0, 0.1) is 6.42 Å². The number of piperidine rings is 1. The van der Waals surface area contributed by atoms with Gasteiger partial charge in [0, 0.05) is 25.4 Å². The van der Waals surface area contributed by atoms with Crippen LogP contribution in [0.4, 0.5) is 5.69 Å². The molecule has 1 aromatic heterocycles. The van der Waals surface area contributed by atoms with Gasteiger partial charge >= 0.3 is 0 Å². The van der Waals surface area contributed by atoms with Gasteiger partial charge in [0.05, 0.1) is 19.0 Å².